The smallest absolute Gasteiger partial charge is 0.330 e. The van der Waals surface area contributed by atoms with Gasteiger partial charge in [0, 0.05) is 30.5 Å². The lowest BCUT2D eigenvalue weighted by Gasteiger charge is -2.21. The zero-order valence-corrected chi connectivity index (χ0v) is 18.9. The number of aromatic amines is 1. The highest BCUT2D eigenvalue weighted by atomic mass is 32.2. The largest absolute Gasteiger partial charge is 0.352 e. The molecule has 1 aromatic carbocycles. The fraction of sp³-hybridized carbons (Fsp3) is 0.500. The van der Waals surface area contributed by atoms with Crippen molar-refractivity contribution in [2.75, 3.05) is 25.2 Å². The van der Waals surface area contributed by atoms with E-state index >= 15 is 0 Å². The van der Waals surface area contributed by atoms with Crippen LogP contribution >= 0.6 is 20.3 Å². The van der Waals surface area contributed by atoms with Crippen molar-refractivity contribution in [3.63, 3.8) is 0 Å². The van der Waals surface area contributed by atoms with E-state index in [0.717, 1.165) is 17.7 Å². The summed E-state index contributed by atoms with van der Waals surface area (Å²) in [5.74, 6) is 1.01. The molecular weight excluding hydrogens is 425 g/mol. The second-order valence-electron chi connectivity index (χ2n) is 7.08. The number of nitrogens with zero attached hydrogens (tertiary/aromatic N) is 1. The van der Waals surface area contributed by atoms with Crippen LogP contribution < -0.4 is 16.3 Å². The van der Waals surface area contributed by atoms with Crippen molar-refractivity contribution >= 4 is 20.3 Å². The first-order chi connectivity index (χ1) is 14.6. The van der Waals surface area contributed by atoms with E-state index in [1.807, 2.05) is 31.4 Å². The molecule has 1 aliphatic rings. The number of benzene rings is 1. The molecule has 2 N–H and O–H groups in total. The van der Waals surface area contributed by atoms with E-state index in [9.17, 15) is 9.59 Å². The van der Waals surface area contributed by atoms with Crippen LogP contribution in [0.25, 0.3) is 0 Å². The monoisotopic (exact) mass is 453 g/mol. The molecule has 4 atom stereocenters. The van der Waals surface area contributed by atoms with Gasteiger partial charge in [0.2, 0.25) is 0 Å². The third-order valence-electron chi connectivity index (χ3n) is 4.71. The molecule has 4 unspecified atom stereocenters. The van der Waals surface area contributed by atoms with Crippen molar-refractivity contribution in [2.45, 2.75) is 32.2 Å². The van der Waals surface area contributed by atoms with Gasteiger partial charge in [-0.05, 0) is 18.2 Å². The number of hydrogen-bond acceptors (Lipinski definition) is 7. The predicted octanol–water partition coefficient (Wildman–Crippen LogP) is 2.87. The number of nitrogens with one attached hydrogen (secondary N) is 2. The molecule has 30 heavy (non-hydrogen) atoms. The van der Waals surface area contributed by atoms with E-state index in [4.69, 9.17) is 13.8 Å². The summed E-state index contributed by atoms with van der Waals surface area (Å²) in [5, 5.41) is 3.35. The fourth-order valence-electron chi connectivity index (χ4n) is 3.23. The Morgan fingerprint density at radius 1 is 1.27 bits per heavy atom. The van der Waals surface area contributed by atoms with Crippen molar-refractivity contribution in [2.24, 2.45) is 5.92 Å². The molecule has 1 fully saturated rings. The molecule has 0 saturated carbocycles. The Labute approximate surface area is 181 Å². The molecule has 164 valence electrons. The van der Waals surface area contributed by atoms with Gasteiger partial charge in [-0.3, -0.25) is 14.3 Å². The van der Waals surface area contributed by atoms with Crippen LogP contribution in [0.3, 0.4) is 0 Å². The lowest BCUT2D eigenvalue weighted by atomic mass is 10.1. The number of hydrogen-bond donors (Lipinski definition) is 2. The molecular formula is C20H28N3O5PS. The lowest BCUT2D eigenvalue weighted by Crippen LogP contribution is -2.33. The normalized spacial score (nSPS) is 22.3. The van der Waals surface area contributed by atoms with Crippen LogP contribution in [0.15, 0.2) is 52.2 Å². The molecule has 2 aromatic rings. The minimum atomic E-state index is -1.26. The summed E-state index contributed by atoms with van der Waals surface area (Å²) in [6.45, 7) is 3.65. The first-order valence-electron chi connectivity index (χ1n) is 9.86. The predicted molar refractivity (Wildman–Crippen MR) is 120 cm³/mol. The first-order valence-corrected chi connectivity index (χ1v) is 12.4. The number of H-pyrrole nitrogens is 1. The van der Waals surface area contributed by atoms with Gasteiger partial charge >= 0.3 is 5.69 Å². The van der Waals surface area contributed by atoms with E-state index in [0.29, 0.717) is 19.8 Å². The Kier molecular flexibility index (Phi) is 9.11. The standard InChI is InChI=1S/C20H28N3O5PS/c1-15-12-17(28-19(15)23-9-8-18(24)22-20(23)25)14-27-29(26-10-11-30-2)21-13-16-6-4-3-5-7-16/h3-9,15,17,19,21H,10-14H2,1-2H3,(H,22,24,25). The van der Waals surface area contributed by atoms with E-state index in [2.05, 4.69) is 22.2 Å². The van der Waals surface area contributed by atoms with Crippen LogP contribution in [-0.4, -0.2) is 40.9 Å². The summed E-state index contributed by atoms with van der Waals surface area (Å²) >= 11 is 1.72. The molecule has 8 nitrogen and oxygen atoms in total. The third-order valence-corrected chi connectivity index (χ3v) is 6.50. The highest BCUT2D eigenvalue weighted by Crippen LogP contribution is 2.38. The minimum Gasteiger partial charge on any atom is -0.352 e. The molecule has 3 rings (SSSR count). The summed E-state index contributed by atoms with van der Waals surface area (Å²) in [6, 6.07) is 11.4. The van der Waals surface area contributed by atoms with Gasteiger partial charge in [-0.2, -0.15) is 11.8 Å². The summed E-state index contributed by atoms with van der Waals surface area (Å²) in [7, 11) is -1.26. The van der Waals surface area contributed by atoms with Crippen LogP contribution in [0.4, 0.5) is 0 Å². The maximum absolute atomic E-state index is 12.1. The average Bonchev–Trinajstić information content (AvgIpc) is 3.11. The fourth-order valence-corrected chi connectivity index (χ4v) is 4.73. The average molecular weight is 454 g/mol. The summed E-state index contributed by atoms with van der Waals surface area (Å²) in [6.07, 6.45) is 3.69. The second-order valence-corrected chi connectivity index (χ2v) is 9.41. The third kappa shape index (κ3) is 6.77. The molecule has 0 radical (unpaired) electrons. The molecule has 1 saturated heterocycles. The van der Waals surface area contributed by atoms with Gasteiger partial charge in [0.1, 0.15) is 6.23 Å². The second kappa shape index (κ2) is 11.8. The van der Waals surface area contributed by atoms with Crippen molar-refractivity contribution in [3.8, 4) is 0 Å². The van der Waals surface area contributed by atoms with Crippen LogP contribution in [0.5, 0.6) is 0 Å². The van der Waals surface area contributed by atoms with Gasteiger partial charge < -0.3 is 13.8 Å². The Bertz CT molecular complexity index is 894. The summed E-state index contributed by atoms with van der Waals surface area (Å²) in [4.78, 5) is 25.7. The van der Waals surface area contributed by atoms with Crippen LogP contribution in [0.1, 0.15) is 25.1 Å². The van der Waals surface area contributed by atoms with Crippen molar-refractivity contribution in [1.82, 2.24) is 14.6 Å². The Morgan fingerprint density at radius 3 is 2.80 bits per heavy atom. The maximum atomic E-state index is 12.1. The van der Waals surface area contributed by atoms with E-state index in [1.165, 1.54) is 16.8 Å². The van der Waals surface area contributed by atoms with Crippen LogP contribution in [-0.2, 0) is 20.3 Å². The van der Waals surface area contributed by atoms with Crippen LogP contribution in [0.2, 0.25) is 0 Å². The first kappa shape index (κ1) is 23.2. The number of aromatic nitrogens is 2. The van der Waals surface area contributed by atoms with E-state index in [1.54, 1.807) is 11.8 Å². The lowest BCUT2D eigenvalue weighted by molar-refractivity contribution is -0.0301. The van der Waals surface area contributed by atoms with E-state index < -0.39 is 26.0 Å². The van der Waals surface area contributed by atoms with Crippen LogP contribution in [0, 0.1) is 5.92 Å². The quantitative estimate of drug-likeness (QED) is 0.399. The Hall–Kier alpha value is -1.48. The Balaban J connectivity index is 1.54. The summed E-state index contributed by atoms with van der Waals surface area (Å²) in [5.41, 5.74) is 0.276. The molecule has 10 heteroatoms. The molecule has 0 amide bonds. The zero-order chi connectivity index (χ0) is 21.3. The number of ether oxygens (including phenoxy) is 1. The van der Waals surface area contributed by atoms with Gasteiger partial charge in [0.15, 0.2) is 0 Å². The minimum absolute atomic E-state index is 0.114. The van der Waals surface area contributed by atoms with Crippen molar-refractivity contribution < 1.29 is 13.8 Å². The molecule has 0 bridgehead atoms. The molecule has 0 spiro atoms. The molecule has 0 aliphatic carbocycles. The number of rotatable bonds is 11. The van der Waals surface area contributed by atoms with Gasteiger partial charge in [-0.15, -0.1) is 0 Å². The van der Waals surface area contributed by atoms with Crippen molar-refractivity contribution in [1.29, 1.82) is 0 Å². The van der Waals surface area contributed by atoms with Gasteiger partial charge in [-0.25, -0.2) is 9.88 Å². The Morgan fingerprint density at radius 2 is 2.07 bits per heavy atom. The highest BCUT2D eigenvalue weighted by Gasteiger charge is 2.34. The highest BCUT2D eigenvalue weighted by molar-refractivity contribution is 7.98. The molecule has 2 heterocycles. The topological polar surface area (TPSA) is 94.6 Å². The maximum Gasteiger partial charge on any atom is 0.330 e. The SMILES string of the molecule is CSCCOP(NCc1ccccc1)OCC1CC(C)C(n2ccc(=O)[nH]c2=O)O1. The van der Waals surface area contributed by atoms with Gasteiger partial charge in [0.05, 0.1) is 19.3 Å². The van der Waals surface area contributed by atoms with Gasteiger partial charge in [0.25, 0.3) is 14.1 Å². The van der Waals surface area contributed by atoms with Crippen molar-refractivity contribution in [3.05, 3.63) is 69.0 Å². The van der Waals surface area contributed by atoms with E-state index in [-0.39, 0.29) is 12.0 Å². The summed E-state index contributed by atoms with van der Waals surface area (Å²) < 4.78 is 19.4. The van der Waals surface area contributed by atoms with Gasteiger partial charge in [-0.1, -0.05) is 37.3 Å². The zero-order valence-electron chi connectivity index (χ0n) is 17.2. The molecule has 1 aromatic heterocycles. The number of thioether (sulfide) groups is 1. The molecule has 1 aliphatic heterocycles.